The third-order valence-corrected chi connectivity index (χ3v) is 2.22. The second kappa shape index (κ2) is 9.52. The van der Waals surface area contributed by atoms with Crippen molar-refractivity contribution in [1.29, 1.82) is 0 Å². The first kappa shape index (κ1) is 18.6. The number of carbonyl (C=O) groups is 3. The highest BCUT2D eigenvalue weighted by Gasteiger charge is 2.17. The van der Waals surface area contributed by atoms with E-state index in [1.807, 2.05) is 0 Å². The molecule has 0 amide bonds. The van der Waals surface area contributed by atoms with Crippen LogP contribution in [0, 0.1) is 0 Å². The van der Waals surface area contributed by atoms with Gasteiger partial charge in [-0.2, -0.15) is 0 Å². The molecule has 0 aliphatic rings. The van der Waals surface area contributed by atoms with Crippen LogP contribution < -0.4 is 0 Å². The summed E-state index contributed by atoms with van der Waals surface area (Å²) >= 11 is 0. The number of esters is 3. The minimum absolute atomic E-state index is 0.00536. The smallest absolute Gasteiger partial charge is 0.333 e. The zero-order chi connectivity index (χ0) is 16.4. The fourth-order valence-electron chi connectivity index (χ4n) is 1.09. The first-order valence-corrected chi connectivity index (χ1v) is 6.26. The van der Waals surface area contributed by atoms with Gasteiger partial charge in [0.25, 0.3) is 0 Å². The van der Waals surface area contributed by atoms with Crippen LogP contribution in [-0.4, -0.2) is 37.2 Å². The lowest BCUT2D eigenvalue weighted by Gasteiger charge is -2.17. The van der Waals surface area contributed by atoms with E-state index in [1.165, 1.54) is 13.8 Å². The summed E-state index contributed by atoms with van der Waals surface area (Å²) < 4.78 is 14.8. The predicted octanol–water partition coefficient (Wildman–Crippen LogP) is 1.71. The molecule has 0 heterocycles. The molecule has 6 nitrogen and oxygen atoms in total. The van der Waals surface area contributed by atoms with Gasteiger partial charge in [-0.15, -0.1) is 0 Å². The fraction of sp³-hybridized carbons (Fsp3) is 0.400. The van der Waals surface area contributed by atoms with Gasteiger partial charge >= 0.3 is 17.9 Å². The highest BCUT2D eigenvalue weighted by molar-refractivity contribution is 5.87. The van der Waals surface area contributed by atoms with Gasteiger partial charge in [0.15, 0.2) is 0 Å². The maximum absolute atomic E-state index is 11.3. The van der Waals surface area contributed by atoms with E-state index in [1.54, 1.807) is 0 Å². The van der Waals surface area contributed by atoms with E-state index in [0.717, 1.165) is 6.08 Å². The van der Waals surface area contributed by atoms with Crippen molar-refractivity contribution in [3.63, 3.8) is 0 Å². The van der Waals surface area contributed by atoms with Crippen LogP contribution in [0.25, 0.3) is 0 Å². The van der Waals surface area contributed by atoms with Crippen molar-refractivity contribution >= 4 is 17.9 Å². The van der Waals surface area contributed by atoms with E-state index in [4.69, 9.17) is 14.2 Å². The van der Waals surface area contributed by atoms with E-state index in [2.05, 4.69) is 19.7 Å². The number of ether oxygens (including phenoxy) is 3. The van der Waals surface area contributed by atoms with Gasteiger partial charge in [0.05, 0.1) is 6.61 Å². The van der Waals surface area contributed by atoms with Crippen LogP contribution >= 0.6 is 0 Å². The van der Waals surface area contributed by atoms with Crippen molar-refractivity contribution in [3.8, 4) is 0 Å². The van der Waals surface area contributed by atoms with Crippen LogP contribution in [0.15, 0.2) is 37.0 Å². The predicted molar refractivity (Wildman–Crippen MR) is 76.2 cm³/mol. The van der Waals surface area contributed by atoms with Gasteiger partial charge in [-0.3, -0.25) is 0 Å². The van der Waals surface area contributed by atoms with Crippen LogP contribution in [0.3, 0.4) is 0 Å². The van der Waals surface area contributed by atoms with Gasteiger partial charge < -0.3 is 14.2 Å². The largest absolute Gasteiger partial charge is 0.462 e. The molecular formula is C15H20O6. The lowest BCUT2D eigenvalue weighted by Crippen LogP contribution is -2.26. The van der Waals surface area contributed by atoms with Crippen molar-refractivity contribution in [2.24, 2.45) is 0 Å². The van der Waals surface area contributed by atoms with Gasteiger partial charge in [0, 0.05) is 23.6 Å². The highest BCUT2D eigenvalue weighted by atomic mass is 16.6. The second-order valence-corrected chi connectivity index (χ2v) is 4.35. The summed E-state index contributed by atoms with van der Waals surface area (Å²) in [6.07, 6.45) is 0.437. The first-order valence-electron chi connectivity index (χ1n) is 6.26. The molecule has 21 heavy (non-hydrogen) atoms. The molecule has 0 saturated carbocycles. The average molecular weight is 296 g/mol. The summed E-state index contributed by atoms with van der Waals surface area (Å²) in [5, 5.41) is 0. The molecule has 1 unspecified atom stereocenters. The van der Waals surface area contributed by atoms with Gasteiger partial charge in [-0.05, 0) is 13.8 Å². The topological polar surface area (TPSA) is 78.9 Å². The molecule has 0 radical (unpaired) electrons. The zero-order valence-electron chi connectivity index (χ0n) is 12.3. The third kappa shape index (κ3) is 8.41. The molecule has 116 valence electrons. The third-order valence-electron chi connectivity index (χ3n) is 2.22. The summed E-state index contributed by atoms with van der Waals surface area (Å²) in [5.74, 6) is -1.78. The lowest BCUT2D eigenvalue weighted by atomic mass is 10.2. The van der Waals surface area contributed by atoms with E-state index in [0.29, 0.717) is 0 Å². The molecule has 0 aromatic rings. The molecule has 0 bridgehead atoms. The van der Waals surface area contributed by atoms with Crippen molar-refractivity contribution < 1.29 is 28.6 Å². The van der Waals surface area contributed by atoms with Crippen LogP contribution in [0.2, 0.25) is 0 Å². The minimum atomic E-state index is -0.739. The zero-order valence-corrected chi connectivity index (χ0v) is 12.3. The maximum Gasteiger partial charge on any atom is 0.333 e. The normalized spacial score (nSPS) is 11.0. The number of hydrogen-bond acceptors (Lipinski definition) is 6. The van der Waals surface area contributed by atoms with Crippen LogP contribution in [0.5, 0.6) is 0 Å². The SMILES string of the molecule is C=CC(=O)OC(CCOC(=O)C(=C)C)COC(=O)C(=C)C. The minimum Gasteiger partial charge on any atom is -0.462 e. The Labute approximate surface area is 124 Å². The Hall–Kier alpha value is -2.37. The Morgan fingerprint density at radius 2 is 1.57 bits per heavy atom. The average Bonchev–Trinajstić information content (AvgIpc) is 2.43. The molecule has 0 spiro atoms. The Balaban J connectivity index is 4.38. The first-order chi connectivity index (χ1) is 9.77. The number of carbonyl (C=O) groups excluding carboxylic acids is 3. The quantitative estimate of drug-likeness (QED) is 0.366. The summed E-state index contributed by atoms with van der Waals surface area (Å²) in [6.45, 7) is 13.0. The highest BCUT2D eigenvalue weighted by Crippen LogP contribution is 2.05. The van der Waals surface area contributed by atoms with Crippen molar-refractivity contribution in [3.05, 3.63) is 37.0 Å². The summed E-state index contributed by atoms with van der Waals surface area (Å²) in [4.78, 5) is 33.7. The Kier molecular flexibility index (Phi) is 8.45. The molecule has 1 atom stereocenters. The van der Waals surface area contributed by atoms with Crippen LogP contribution in [0.4, 0.5) is 0 Å². The molecule has 0 saturated heterocycles. The van der Waals surface area contributed by atoms with Gasteiger partial charge in [0.1, 0.15) is 12.7 Å². The van der Waals surface area contributed by atoms with E-state index in [9.17, 15) is 14.4 Å². The molecular weight excluding hydrogens is 276 g/mol. The summed E-state index contributed by atoms with van der Waals surface area (Å²) in [7, 11) is 0. The van der Waals surface area contributed by atoms with Crippen LogP contribution in [0.1, 0.15) is 20.3 Å². The van der Waals surface area contributed by atoms with Crippen molar-refractivity contribution in [1.82, 2.24) is 0 Å². The Morgan fingerprint density at radius 3 is 2.05 bits per heavy atom. The molecule has 0 rings (SSSR count). The van der Waals surface area contributed by atoms with Gasteiger partial charge in [0.2, 0.25) is 0 Å². The lowest BCUT2D eigenvalue weighted by molar-refractivity contribution is -0.155. The fourth-order valence-corrected chi connectivity index (χ4v) is 1.09. The molecule has 0 aliphatic heterocycles. The summed E-state index contributed by atoms with van der Waals surface area (Å²) in [6, 6.07) is 0. The number of hydrogen-bond donors (Lipinski definition) is 0. The van der Waals surface area contributed by atoms with Crippen LogP contribution in [-0.2, 0) is 28.6 Å². The molecule has 0 N–H and O–H groups in total. The molecule has 0 aromatic carbocycles. The molecule has 6 heteroatoms. The Bertz CT molecular complexity index is 449. The van der Waals surface area contributed by atoms with Gasteiger partial charge in [-0.25, -0.2) is 14.4 Å². The Morgan fingerprint density at radius 1 is 1.05 bits per heavy atom. The van der Waals surface area contributed by atoms with Gasteiger partial charge in [-0.1, -0.05) is 19.7 Å². The van der Waals surface area contributed by atoms with Crippen molar-refractivity contribution in [2.75, 3.05) is 13.2 Å². The van der Waals surface area contributed by atoms with Crippen molar-refractivity contribution in [2.45, 2.75) is 26.4 Å². The standard InChI is InChI=1S/C15H20O6/c1-6-13(16)21-12(9-20-15(18)11(4)5)7-8-19-14(17)10(2)3/h6,12H,1-2,4,7-9H2,3,5H3. The van der Waals surface area contributed by atoms with E-state index >= 15 is 0 Å². The summed E-state index contributed by atoms with van der Waals surface area (Å²) in [5.41, 5.74) is 0.501. The number of rotatable bonds is 9. The van der Waals surface area contributed by atoms with E-state index < -0.39 is 24.0 Å². The van der Waals surface area contributed by atoms with E-state index in [-0.39, 0.29) is 30.8 Å². The monoisotopic (exact) mass is 296 g/mol. The maximum atomic E-state index is 11.3. The molecule has 0 fully saturated rings. The molecule has 0 aromatic heterocycles. The second-order valence-electron chi connectivity index (χ2n) is 4.35. The molecule has 0 aliphatic carbocycles.